The molecule has 0 aliphatic carbocycles. The second-order valence-electron chi connectivity index (χ2n) is 10.2. The van der Waals surface area contributed by atoms with Gasteiger partial charge in [-0.2, -0.15) is 13.2 Å². The predicted octanol–water partition coefficient (Wildman–Crippen LogP) is 5.77. The van der Waals surface area contributed by atoms with Crippen LogP contribution in [-0.4, -0.2) is 45.8 Å². The van der Waals surface area contributed by atoms with Gasteiger partial charge in [-0.15, -0.1) is 5.10 Å². The van der Waals surface area contributed by atoms with Crippen LogP contribution in [0.5, 0.6) is 5.75 Å². The van der Waals surface area contributed by atoms with Gasteiger partial charge in [-0.1, -0.05) is 32.9 Å². The molecular formula is C23H29F3IN5O2Si. The number of nitrogens with zero attached hydrogens (tertiary/aromatic N) is 5. The lowest BCUT2D eigenvalue weighted by atomic mass is 10.2. The Morgan fingerprint density at radius 1 is 1.11 bits per heavy atom. The zero-order chi connectivity index (χ0) is 25.8. The number of hydrogen-bond acceptors (Lipinski definition) is 5. The third-order valence-electron chi connectivity index (χ3n) is 6.68. The van der Waals surface area contributed by atoms with Crippen LogP contribution < -0.4 is 4.74 Å². The van der Waals surface area contributed by atoms with Crippen LogP contribution >= 0.6 is 22.6 Å². The second-order valence-corrected chi connectivity index (χ2v) is 16.0. The van der Waals surface area contributed by atoms with Crippen molar-refractivity contribution in [2.24, 2.45) is 0 Å². The Morgan fingerprint density at radius 2 is 1.77 bits per heavy atom. The van der Waals surface area contributed by atoms with Crippen LogP contribution in [-0.2, 0) is 30.1 Å². The fraction of sp³-hybridized carbons (Fsp3) is 0.522. The van der Waals surface area contributed by atoms with Gasteiger partial charge in [0.15, 0.2) is 14.1 Å². The smallest absolute Gasteiger partial charge is 0.453 e. The molecule has 0 spiro atoms. The van der Waals surface area contributed by atoms with Crippen molar-refractivity contribution in [3.8, 4) is 17.3 Å². The maximum absolute atomic E-state index is 13.5. The molecule has 0 saturated carbocycles. The van der Waals surface area contributed by atoms with E-state index in [0.717, 1.165) is 15.1 Å². The third kappa shape index (κ3) is 5.28. The van der Waals surface area contributed by atoms with Gasteiger partial charge in [-0.25, -0.2) is 14.6 Å². The summed E-state index contributed by atoms with van der Waals surface area (Å²) in [5, 5.41) is 3.87. The number of alkyl halides is 3. The number of imidazole rings is 1. The van der Waals surface area contributed by atoms with Crippen molar-refractivity contribution in [3.05, 3.63) is 45.2 Å². The van der Waals surface area contributed by atoms with Gasteiger partial charge in [0.2, 0.25) is 0 Å². The number of fused-ring (bicyclic) bond motifs is 1. The molecule has 1 unspecified atom stereocenters. The number of hydrogen-bond donors (Lipinski definition) is 0. The van der Waals surface area contributed by atoms with Gasteiger partial charge < -0.3 is 13.7 Å². The molecule has 190 valence electrons. The number of halogens is 4. The predicted molar refractivity (Wildman–Crippen MR) is 137 cm³/mol. The minimum absolute atomic E-state index is 0.00358. The van der Waals surface area contributed by atoms with Gasteiger partial charge in [-0.05, 0) is 58.4 Å². The Hall–Kier alpha value is -1.93. The summed E-state index contributed by atoms with van der Waals surface area (Å²) in [7, 11) is -0.401. The van der Waals surface area contributed by atoms with Crippen molar-refractivity contribution in [1.29, 1.82) is 0 Å². The molecule has 3 heterocycles. The maximum atomic E-state index is 13.5. The van der Waals surface area contributed by atoms with Gasteiger partial charge in [0.1, 0.15) is 21.0 Å². The Bertz CT molecular complexity index is 1220. The van der Waals surface area contributed by atoms with Crippen molar-refractivity contribution in [2.45, 2.75) is 70.7 Å². The highest BCUT2D eigenvalue weighted by atomic mass is 127. The number of methoxy groups -OCH3 is 1. The normalized spacial score (nSPS) is 16.6. The maximum Gasteiger partial charge on any atom is 0.453 e. The summed E-state index contributed by atoms with van der Waals surface area (Å²) in [6.07, 6.45) is -4.04. The summed E-state index contributed by atoms with van der Waals surface area (Å²) in [4.78, 5) is 8.57. The largest absolute Gasteiger partial charge is 0.497 e. The standard InChI is InChI=1S/C23H29F3IN5O2Si/c1-22(2,3)35(5,6)34-16-11-17-28-18(19(27)31(17)13-16)20-29-21(23(24,25)26)30-32(20)12-14-7-9-15(33-4)10-8-14/h7-10,16H,11-13H2,1-6H3. The van der Waals surface area contributed by atoms with Crippen LogP contribution in [0.1, 0.15) is 38.0 Å². The van der Waals surface area contributed by atoms with Crippen molar-refractivity contribution in [2.75, 3.05) is 7.11 Å². The first-order valence-electron chi connectivity index (χ1n) is 11.3. The lowest BCUT2D eigenvalue weighted by molar-refractivity contribution is -0.144. The topological polar surface area (TPSA) is 67.0 Å². The van der Waals surface area contributed by atoms with Gasteiger partial charge in [0, 0.05) is 6.42 Å². The first-order valence-corrected chi connectivity index (χ1v) is 15.3. The zero-order valence-corrected chi connectivity index (χ0v) is 23.7. The molecule has 12 heteroatoms. The summed E-state index contributed by atoms with van der Waals surface area (Å²) in [6.45, 7) is 11.8. The Kier molecular flexibility index (Phi) is 6.86. The molecule has 1 aromatic carbocycles. The molecular weight excluding hydrogens is 590 g/mol. The summed E-state index contributed by atoms with van der Waals surface area (Å²) in [5.74, 6) is 0.379. The fourth-order valence-corrected chi connectivity index (χ4v) is 5.94. The van der Waals surface area contributed by atoms with Crippen molar-refractivity contribution in [1.82, 2.24) is 24.3 Å². The van der Waals surface area contributed by atoms with Crippen LogP contribution in [0.25, 0.3) is 11.5 Å². The second kappa shape index (κ2) is 9.18. The third-order valence-corrected chi connectivity index (χ3v) is 12.3. The highest BCUT2D eigenvalue weighted by molar-refractivity contribution is 14.1. The Labute approximate surface area is 217 Å². The Balaban J connectivity index is 1.64. The van der Waals surface area contributed by atoms with E-state index >= 15 is 0 Å². The summed E-state index contributed by atoms with van der Waals surface area (Å²) >= 11 is 2.13. The molecule has 7 nitrogen and oxygen atoms in total. The van der Waals surface area contributed by atoms with Crippen LogP contribution in [0, 0.1) is 3.70 Å². The van der Waals surface area contributed by atoms with E-state index in [4.69, 9.17) is 14.1 Å². The van der Waals surface area contributed by atoms with Gasteiger partial charge in [-0.3, -0.25) is 0 Å². The summed E-state index contributed by atoms with van der Waals surface area (Å²) in [6, 6.07) is 7.10. The molecule has 1 aliphatic heterocycles. The van der Waals surface area contributed by atoms with Crippen molar-refractivity contribution >= 4 is 30.9 Å². The molecule has 1 atom stereocenters. The molecule has 4 rings (SSSR count). The van der Waals surface area contributed by atoms with Crippen LogP contribution in [0.3, 0.4) is 0 Å². The molecule has 3 aromatic rings. The van der Waals surface area contributed by atoms with Gasteiger partial charge >= 0.3 is 6.18 Å². The highest BCUT2D eigenvalue weighted by Crippen LogP contribution is 2.39. The van der Waals surface area contributed by atoms with Crippen molar-refractivity contribution < 1.29 is 22.3 Å². The van der Waals surface area contributed by atoms with Crippen LogP contribution in [0.4, 0.5) is 13.2 Å². The molecule has 0 N–H and O–H groups in total. The van der Waals surface area contributed by atoms with Crippen LogP contribution in [0.2, 0.25) is 18.1 Å². The average molecular weight is 620 g/mol. The molecule has 0 radical (unpaired) electrons. The lowest BCUT2D eigenvalue weighted by Gasteiger charge is -2.38. The first kappa shape index (κ1) is 26.1. The molecule has 0 saturated heterocycles. The van der Waals surface area contributed by atoms with Crippen molar-refractivity contribution in [3.63, 3.8) is 0 Å². The Morgan fingerprint density at radius 3 is 2.31 bits per heavy atom. The van der Waals surface area contributed by atoms with E-state index in [9.17, 15) is 13.2 Å². The fourth-order valence-electron chi connectivity index (χ4n) is 3.76. The minimum atomic E-state index is -4.66. The van der Waals surface area contributed by atoms with Gasteiger partial charge in [0.25, 0.3) is 5.82 Å². The van der Waals surface area contributed by atoms with E-state index < -0.39 is 20.3 Å². The number of benzene rings is 1. The molecule has 0 fully saturated rings. The summed E-state index contributed by atoms with van der Waals surface area (Å²) in [5.41, 5.74) is 1.18. The lowest BCUT2D eigenvalue weighted by Crippen LogP contribution is -2.44. The van der Waals surface area contributed by atoms with Gasteiger partial charge in [0.05, 0.1) is 26.3 Å². The van der Waals surface area contributed by atoms with E-state index in [1.165, 1.54) is 4.68 Å². The summed E-state index contributed by atoms with van der Waals surface area (Å²) < 4.78 is 56.3. The van der Waals surface area contributed by atoms with E-state index in [1.807, 2.05) is 4.57 Å². The van der Waals surface area contributed by atoms with E-state index in [2.05, 4.69) is 66.5 Å². The molecule has 35 heavy (non-hydrogen) atoms. The van der Waals surface area contributed by atoms with E-state index in [-0.39, 0.29) is 23.5 Å². The van der Waals surface area contributed by atoms with E-state index in [1.54, 1.807) is 31.4 Å². The number of ether oxygens (including phenoxy) is 1. The minimum Gasteiger partial charge on any atom is -0.497 e. The zero-order valence-electron chi connectivity index (χ0n) is 20.6. The monoisotopic (exact) mass is 619 g/mol. The number of aromatic nitrogens is 5. The first-order chi connectivity index (χ1) is 16.2. The SMILES string of the molecule is COc1ccc(Cn2nc(C(F)(F)F)nc2-c2nc3n(c2I)CC(O[Si](C)(C)C(C)(C)C)C3)cc1. The average Bonchev–Trinajstić information content (AvgIpc) is 3.41. The molecule has 0 bridgehead atoms. The molecule has 1 aliphatic rings. The number of rotatable bonds is 6. The van der Waals surface area contributed by atoms with E-state index in [0.29, 0.717) is 24.4 Å². The van der Waals surface area contributed by atoms with Crippen LogP contribution in [0.15, 0.2) is 24.3 Å². The highest BCUT2D eigenvalue weighted by Gasteiger charge is 2.42. The quantitative estimate of drug-likeness (QED) is 0.259. The molecule has 0 amide bonds. The molecule has 2 aromatic heterocycles.